The summed E-state index contributed by atoms with van der Waals surface area (Å²) < 4.78 is 32.7. The van der Waals surface area contributed by atoms with Crippen molar-refractivity contribution in [2.24, 2.45) is 5.92 Å². The van der Waals surface area contributed by atoms with Crippen LogP contribution in [0.25, 0.3) is 0 Å². The maximum absolute atomic E-state index is 12.9. The molecule has 1 aromatic carbocycles. The van der Waals surface area contributed by atoms with Crippen LogP contribution in [-0.4, -0.2) is 38.3 Å². The summed E-state index contributed by atoms with van der Waals surface area (Å²) in [5.74, 6) is 0.449. The molecule has 7 heteroatoms. The average molecular weight is 381 g/mol. The fourth-order valence-corrected chi connectivity index (χ4v) is 4.70. The average Bonchev–Trinajstić information content (AvgIpc) is 3.10. The van der Waals surface area contributed by atoms with Crippen LogP contribution in [0, 0.1) is 5.92 Å². The van der Waals surface area contributed by atoms with E-state index in [0.29, 0.717) is 37.6 Å². The lowest BCUT2D eigenvalue weighted by molar-refractivity contribution is -0.116. The zero-order valence-electron chi connectivity index (χ0n) is 15.7. The molecule has 0 spiro atoms. The Balaban J connectivity index is 2.26. The molecule has 0 bridgehead atoms. The predicted molar refractivity (Wildman–Crippen MR) is 103 cm³/mol. The topological polar surface area (TPSA) is 75.7 Å². The molecule has 6 nitrogen and oxygen atoms in total. The zero-order chi connectivity index (χ0) is 19.2. The highest BCUT2D eigenvalue weighted by Crippen LogP contribution is 2.30. The summed E-state index contributed by atoms with van der Waals surface area (Å²) in [6.07, 6.45) is 6.55. The number of hydrogen-bond acceptors (Lipinski definition) is 4. The van der Waals surface area contributed by atoms with Gasteiger partial charge in [0.15, 0.2) is 0 Å². The Kier molecular flexibility index (Phi) is 7.23. The van der Waals surface area contributed by atoms with Gasteiger partial charge in [0.25, 0.3) is 0 Å². The number of sulfonamides is 1. The molecule has 1 amide bonds. The van der Waals surface area contributed by atoms with E-state index in [1.165, 1.54) is 10.4 Å². The SMILES string of the molecule is CCOc1ccc(NC(=O)C[C@@H]2C=CCC2)cc1S(=O)(=O)N(CC)CC. The molecule has 0 fully saturated rings. The van der Waals surface area contributed by atoms with Gasteiger partial charge < -0.3 is 10.1 Å². The van der Waals surface area contributed by atoms with E-state index < -0.39 is 10.0 Å². The van der Waals surface area contributed by atoms with Crippen molar-refractivity contribution in [3.05, 3.63) is 30.4 Å². The van der Waals surface area contributed by atoms with Crippen LogP contribution in [0.5, 0.6) is 5.75 Å². The molecule has 1 aliphatic carbocycles. The summed E-state index contributed by atoms with van der Waals surface area (Å²) in [5.41, 5.74) is 0.464. The second-order valence-electron chi connectivity index (χ2n) is 6.20. The van der Waals surface area contributed by atoms with Crippen molar-refractivity contribution in [2.45, 2.75) is 44.9 Å². The third kappa shape index (κ3) is 4.86. The van der Waals surface area contributed by atoms with E-state index in [1.807, 2.05) is 0 Å². The molecule has 26 heavy (non-hydrogen) atoms. The molecule has 0 unspecified atom stereocenters. The van der Waals surface area contributed by atoms with E-state index >= 15 is 0 Å². The Bertz CT molecular complexity index is 755. The van der Waals surface area contributed by atoms with Gasteiger partial charge >= 0.3 is 0 Å². The van der Waals surface area contributed by atoms with E-state index in [0.717, 1.165) is 12.8 Å². The van der Waals surface area contributed by atoms with Gasteiger partial charge in [0.2, 0.25) is 15.9 Å². The molecule has 1 aromatic rings. The van der Waals surface area contributed by atoms with Crippen LogP contribution in [0.4, 0.5) is 5.69 Å². The summed E-state index contributed by atoms with van der Waals surface area (Å²) in [6.45, 7) is 6.49. The number of carbonyl (C=O) groups is 1. The number of allylic oxidation sites excluding steroid dienone is 2. The highest BCUT2D eigenvalue weighted by molar-refractivity contribution is 7.89. The summed E-state index contributed by atoms with van der Waals surface area (Å²) >= 11 is 0. The van der Waals surface area contributed by atoms with E-state index in [1.54, 1.807) is 32.9 Å². The van der Waals surface area contributed by atoms with Crippen molar-refractivity contribution in [3.8, 4) is 5.75 Å². The van der Waals surface area contributed by atoms with Crippen molar-refractivity contribution in [1.29, 1.82) is 0 Å². The Labute approximate surface area is 156 Å². The van der Waals surface area contributed by atoms with E-state index in [2.05, 4.69) is 17.5 Å². The normalized spacial score (nSPS) is 16.8. The van der Waals surface area contributed by atoms with Gasteiger partial charge in [-0.05, 0) is 43.9 Å². The summed E-state index contributed by atoms with van der Waals surface area (Å²) in [4.78, 5) is 12.3. The maximum atomic E-state index is 12.9. The number of rotatable bonds is 9. The maximum Gasteiger partial charge on any atom is 0.246 e. The minimum Gasteiger partial charge on any atom is -0.492 e. The summed E-state index contributed by atoms with van der Waals surface area (Å²) in [6, 6.07) is 4.76. The molecule has 1 aliphatic rings. The highest BCUT2D eigenvalue weighted by Gasteiger charge is 2.26. The first-order chi connectivity index (χ1) is 12.4. The second-order valence-corrected chi connectivity index (χ2v) is 8.11. The van der Waals surface area contributed by atoms with Crippen molar-refractivity contribution in [2.75, 3.05) is 25.0 Å². The van der Waals surface area contributed by atoms with Crippen LogP contribution in [0.1, 0.15) is 40.0 Å². The van der Waals surface area contributed by atoms with Gasteiger partial charge in [0, 0.05) is 25.2 Å². The molecule has 0 radical (unpaired) electrons. The Morgan fingerprint density at radius 3 is 2.58 bits per heavy atom. The smallest absolute Gasteiger partial charge is 0.246 e. The van der Waals surface area contributed by atoms with Gasteiger partial charge in [0.05, 0.1) is 6.61 Å². The number of nitrogens with one attached hydrogen (secondary N) is 1. The monoisotopic (exact) mass is 380 g/mol. The zero-order valence-corrected chi connectivity index (χ0v) is 16.5. The summed E-state index contributed by atoms with van der Waals surface area (Å²) in [7, 11) is -3.69. The molecule has 0 heterocycles. The lowest BCUT2D eigenvalue weighted by Gasteiger charge is -2.21. The number of hydrogen-bond donors (Lipinski definition) is 1. The van der Waals surface area contributed by atoms with Crippen molar-refractivity contribution in [3.63, 3.8) is 0 Å². The molecule has 0 aromatic heterocycles. The predicted octanol–water partition coefficient (Wildman–Crippen LogP) is 3.41. The Hall–Kier alpha value is -1.86. The summed E-state index contributed by atoms with van der Waals surface area (Å²) in [5, 5.41) is 2.81. The lowest BCUT2D eigenvalue weighted by atomic mass is 10.1. The van der Waals surface area contributed by atoms with Gasteiger partial charge in [-0.1, -0.05) is 26.0 Å². The molecule has 1 atom stereocenters. The second kappa shape index (κ2) is 9.19. The molecule has 1 N–H and O–H groups in total. The van der Waals surface area contributed by atoms with Crippen LogP contribution >= 0.6 is 0 Å². The van der Waals surface area contributed by atoms with Crippen LogP contribution in [0.3, 0.4) is 0 Å². The Morgan fingerprint density at radius 1 is 1.27 bits per heavy atom. The molecule has 144 valence electrons. The van der Waals surface area contributed by atoms with E-state index in [9.17, 15) is 13.2 Å². The van der Waals surface area contributed by atoms with E-state index in [4.69, 9.17) is 4.74 Å². The van der Waals surface area contributed by atoms with Crippen molar-refractivity contribution < 1.29 is 17.9 Å². The van der Waals surface area contributed by atoms with Gasteiger partial charge in [-0.2, -0.15) is 4.31 Å². The number of amides is 1. The van der Waals surface area contributed by atoms with Gasteiger partial charge in [-0.3, -0.25) is 4.79 Å². The fraction of sp³-hybridized carbons (Fsp3) is 0.526. The number of nitrogens with zero attached hydrogens (tertiary/aromatic N) is 1. The van der Waals surface area contributed by atoms with Gasteiger partial charge in [0.1, 0.15) is 10.6 Å². The number of carbonyl (C=O) groups excluding carboxylic acids is 1. The van der Waals surface area contributed by atoms with Gasteiger partial charge in [-0.15, -0.1) is 0 Å². The van der Waals surface area contributed by atoms with Crippen molar-refractivity contribution >= 4 is 21.6 Å². The third-order valence-corrected chi connectivity index (χ3v) is 6.48. The van der Waals surface area contributed by atoms with Crippen LogP contribution in [0.15, 0.2) is 35.2 Å². The third-order valence-electron chi connectivity index (χ3n) is 4.41. The highest BCUT2D eigenvalue weighted by atomic mass is 32.2. The Morgan fingerprint density at radius 2 is 2.00 bits per heavy atom. The number of ether oxygens (including phenoxy) is 1. The molecule has 2 rings (SSSR count). The number of anilines is 1. The van der Waals surface area contributed by atoms with Crippen LogP contribution < -0.4 is 10.1 Å². The molecular weight excluding hydrogens is 352 g/mol. The van der Waals surface area contributed by atoms with Crippen LogP contribution in [-0.2, 0) is 14.8 Å². The first-order valence-electron chi connectivity index (χ1n) is 9.15. The van der Waals surface area contributed by atoms with Gasteiger partial charge in [-0.25, -0.2) is 8.42 Å². The minimum absolute atomic E-state index is 0.0848. The van der Waals surface area contributed by atoms with Crippen LogP contribution in [0.2, 0.25) is 0 Å². The standard InChI is InChI=1S/C19H28N2O4S/c1-4-21(5-2)26(23,24)18-14-16(11-12-17(18)25-6-3)20-19(22)13-15-9-7-8-10-15/h7,9,11-12,14-15H,4-6,8,10,13H2,1-3H3,(H,20,22)/t15-/m1/s1. The fourth-order valence-electron chi connectivity index (χ4n) is 3.08. The first-order valence-corrected chi connectivity index (χ1v) is 10.6. The largest absolute Gasteiger partial charge is 0.492 e. The first kappa shape index (κ1) is 20.5. The molecule has 0 saturated carbocycles. The molecule has 0 saturated heterocycles. The van der Waals surface area contributed by atoms with E-state index in [-0.39, 0.29) is 16.7 Å². The quantitative estimate of drug-likeness (QED) is 0.666. The lowest BCUT2D eigenvalue weighted by Crippen LogP contribution is -2.31. The number of benzene rings is 1. The van der Waals surface area contributed by atoms with Crippen molar-refractivity contribution in [1.82, 2.24) is 4.31 Å². The minimum atomic E-state index is -3.69. The molecular formula is C19H28N2O4S. The molecule has 0 aliphatic heterocycles.